The second-order valence-corrected chi connectivity index (χ2v) is 16.0. The lowest BCUT2D eigenvalue weighted by molar-refractivity contribution is 0.890. The Balaban J connectivity index is 1.21. The zero-order valence-electron chi connectivity index (χ0n) is 26.8. The molecule has 0 N–H and O–H groups in total. The lowest BCUT2D eigenvalue weighted by Crippen LogP contribution is -2.77. The van der Waals surface area contributed by atoms with E-state index in [2.05, 4.69) is 163 Å². The van der Waals surface area contributed by atoms with E-state index >= 15 is 0 Å². The van der Waals surface area contributed by atoms with Crippen molar-refractivity contribution in [2.75, 3.05) is 4.90 Å². The van der Waals surface area contributed by atoms with Crippen LogP contribution in [0.5, 0.6) is 0 Å². The monoisotopic (exact) mass is 644 g/mol. The Labute approximate surface area is 287 Å². The maximum atomic E-state index is 5.02. The molecule has 4 nitrogen and oxygen atoms in total. The summed E-state index contributed by atoms with van der Waals surface area (Å²) in [6, 6.07) is 69.4. The fourth-order valence-electron chi connectivity index (χ4n) is 7.41. The summed E-state index contributed by atoms with van der Waals surface area (Å²) in [6.07, 6.45) is 0. The van der Waals surface area contributed by atoms with Gasteiger partial charge in [0.1, 0.15) is 0 Å². The van der Waals surface area contributed by atoms with E-state index in [1.54, 1.807) is 0 Å². The van der Waals surface area contributed by atoms with Crippen LogP contribution in [0.2, 0.25) is 0 Å². The van der Waals surface area contributed by atoms with Crippen molar-refractivity contribution in [2.24, 2.45) is 0 Å². The van der Waals surface area contributed by atoms with Crippen molar-refractivity contribution in [3.05, 3.63) is 194 Å². The minimum atomic E-state index is -2.65. The minimum Gasteiger partial charge on any atom is -0.311 e. The molecule has 5 heteroatoms. The number of benzene rings is 7. The van der Waals surface area contributed by atoms with Crippen molar-refractivity contribution in [1.82, 2.24) is 14.8 Å². The zero-order valence-corrected chi connectivity index (χ0v) is 27.8. The smallest absolute Gasteiger partial charge is 0.184 e. The van der Waals surface area contributed by atoms with Gasteiger partial charge < -0.3 is 4.90 Å². The van der Waals surface area contributed by atoms with Crippen LogP contribution < -0.4 is 25.6 Å². The minimum absolute atomic E-state index is 0.700. The Morgan fingerprint density at radius 2 is 0.816 bits per heavy atom. The molecule has 0 unspecified atom stereocenters. The SMILES string of the molecule is c1ccc(-c2nc(-c3ccccc3)n(-c3ccc(N4c5ccccc5[Si](c5ccccc5)(c5ccccc5)c5ccccc54)cc3)n2)cc1. The number of anilines is 3. The van der Waals surface area contributed by atoms with Crippen LogP contribution in [0.25, 0.3) is 28.5 Å². The van der Waals surface area contributed by atoms with Gasteiger partial charge in [0.25, 0.3) is 0 Å². The van der Waals surface area contributed by atoms with Crippen molar-refractivity contribution < 1.29 is 0 Å². The number of para-hydroxylation sites is 2. The number of rotatable bonds is 6. The number of fused-ring (bicyclic) bond motifs is 2. The van der Waals surface area contributed by atoms with Gasteiger partial charge in [0.05, 0.1) is 5.69 Å². The molecule has 8 aromatic rings. The summed E-state index contributed by atoms with van der Waals surface area (Å²) in [7, 11) is -2.65. The number of aromatic nitrogens is 3. The Hall–Kier alpha value is -6.30. The van der Waals surface area contributed by atoms with Gasteiger partial charge in [-0.3, -0.25) is 0 Å². The largest absolute Gasteiger partial charge is 0.311 e. The highest BCUT2D eigenvalue weighted by molar-refractivity contribution is 7.21. The summed E-state index contributed by atoms with van der Waals surface area (Å²) in [5.41, 5.74) is 6.48. The first kappa shape index (κ1) is 28.9. The maximum Gasteiger partial charge on any atom is 0.184 e. The molecule has 7 aromatic carbocycles. The highest BCUT2D eigenvalue weighted by atomic mass is 28.3. The van der Waals surface area contributed by atoms with Crippen LogP contribution in [0.3, 0.4) is 0 Å². The second kappa shape index (κ2) is 12.1. The van der Waals surface area contributed by atoms with Crippen molar-refractivity contribution in [1.29, 1.82) is 0 Å². The lowest BCUT2D eigenvalue weighted by atomic mass is 10.1. The van der Waals surface area contributed by atoms with Gasteiger partial charge in [-0.2, -0.15) is 0 Å². The fraction of sp³-hybridized carbons (Fsp3) is 0. The number of hydrogen-bond donors (Lipinski definition) is 0. The zero-order chi connectivity index (χ0) is 32.6. The van der Waals surface area contributed by atoms with Crippen LogP contribution in [-0.4, -0.2) is 22.8 Å². The van der Waals surface area contributed by atoms with E-state index in [1.165, 1.54) is 32.1 Å². The molecule has 0 saturated heterocycles. The Kier molecular flexibility index (Phi) is 7.10. The van der Waals surface area contributed by atoms with Crippen molar-refractivity contribution in [3.8, 4) is 28.5 Å². The van der Waals surface area contributed by atoms with Gasteiger partial charge in [0.2, 0.25) is 0 Å². The van der Waals surface area contributed by atoms with Gasteiger partial charge in [-0.15, -0.1) is 5.10 Å². The molecular formula is C44H32N4Si. The van der Waals surface area contributed by atoms with E-state index in [-0.39, 0.29) is 0 Å². The molecule has 0 saturated carbocycles. The third kappa shape index (κ3) is 4.74. The summed E-state index contributed by atoms with van der Waals surface area (Å²) in [4.78, 5) is 7.45. The molecule has 2 heterocycles. The Bertz CT molecular complexity index is 2280. The van der Waals surface area contributed by atoms with E-state index < -0.39 is 8.07 Å². The normalized spacial score (nSPS) is 13.0. The number of nitrogens with zero attached hydrogens (tertiary/aromatic N) is 4. The van der Waals surface area contributed by atoms with Crippen LogP contribution in [0.4, 0.5) is 17.1 Å². The molecule has 1 aliphatic heterocycles. The first-order chi connectivity index (χ1) is 24.3. The highest BCUT2D eigenvalue weighted by Crippen LogP contribution is 2.38. The van der Waals surface area contributed by atoms with E-state index in [1.807, 2.05) is 41.1 Å². The molecular weight excluding hydrogens is 613 g/mol. The molecule has 1 aromatic heterocycles. The summed E-state index contributed by atoms with van der Waals surface area (Å²) in [5.74, 6) is 1.51. The van der Waals surface area contributed by atoms with Gasteiger partial charge in [-0.25, -0.2) is 9.67 Å². The van der Waals surface area contributed by atoms with E-state index in [0.717, 1.165) is 28.3 Å². The predicted molar refractivity (Wildman–Crippen MR) is 204 cm³/mol. The maximum absolute atomic E-state index is 5.02. The first-order valence-electron chi connectivity index (χ1n) is 16.6. The molecule has 9 rings (SSSR count). The Morgan fingerprint density at radius 1 is 0.388 bits per heavy atom. The first-order valence-corrected chi connectivity index (χ1v) is 18.6. The van der Waals surface area contributed by atoms with Gasteiger partial charge in [-0.1, -0.05) is 158 Å². The van der Waals surface area contributed by atoms with Gasteiger partial charge in [0, 0.05) is 28.2 Å². The van der Waals surface area contributed by atoms with Crippen LogP contribution in [0.15, 0.2) is 194 Å². The summed E-state index contributed by atoms with van der Waals surface area (Å²) >= 11 is 0. The molecule has 232 valence electrons. The summed E-state index contributed by atoms with van der Waals surface area (Å²) < 4.78 is 1.96. The fourth-order valence-corrected chi connectivity index (χ4v) is 12.5. The molecule has 49 heavy (non-hydrogen) atoms. The average molecular weight is 645 g/mol. The number of hydrogen-bond acceptors (Lipinski definition) is 3. The van der Waals surface area contributed by atoms with E-state index in [4.69, 9.17) is 10.1 Å². The van der Waals surface area contributed by atoms with Crippen molar-refractivity contribution in [3.63, 3.8) is 0 Å². The molecule has 0 amide bonds. The van der Waals surface area contributed by atoms with Gasteiger partial charge >= 0.3 is 0 Å². The third-order valence-corrected chi connectivity index (χ3v) is 14.4. The second-order valence-electron chi connectivity index (χ2n) is 12.3. The molecule has 0 spiro atoms. The van der Waals surface area contributed by atoms with Gasteiger partial charge in [0.15, 0.2) is 19.7 Å². The third-order valence-electron chi connectivity index (χ3n) is 9.54. The van der Waals surface area contributed by atoms with Crippen LogP contribution in [0.1, 0.15) is 0 Å². The van der Waals surface area contributed by atoms with Crippen molar-refractivity contribution >= 4 is 45.9 Å². The van der Waals surface area contributed by atoms with Crippen molar-refractivity contribution in [2.45, 2.75) is 0 Å². The molecule has 0 radical (unpaired) electrons. The molecule has 0 fully saturated rings. The van der Waals surface area contributed by atoms with E-state index in [9.17, 15) is 0 Å². The Morgan fingerprint density at radius 3 is 1.35 bits per heavy atom. The summed E-state index contributed by atoms with van der Waals surface area (Å²) in [6.45, 7) is 0. The standard InChI is InChI=1S/C44H32N4Si/c1-5-17-33(18-6-1)43-45-44(34-19-7-2-8-20-34)48(46-43)36-31-29-35(30-32-36)47-39-25-13-15-27-41(39)49(37-21-9-3-10-22-37,38-23-11-4-12-24-38)42-28-16-14-26-40(42)47/h1-32H. The molecule has 0 bridgehead atoms. The highest BCUT2D eigenvalue weighted by Gasteiger charge is 2.48. The quantitative estimate of drug-likeness (QED) is 0.174. The average Bonchev–Trinajstić information content (AvgIpc) is 3.64. The topological polar surface area (TPSA) is 34.0 Å². The molecule has 0 atom stereocenters. The summed E-state index contributed by atoms with van der Waals surface area (Å²) in [5, 5.41) is 10.5. The predicted octanol–water partition coefficient (Wildman–Crippen LogP) is 7.76. The lowest BCUT2D eigenvalue weighted by Gasteiger charge is -2.45. The van der Waals surface area contributed by atoms with E-state index in [0.29, 0.717) is 5.82 Å². The van der Waals surface area contributed by atoms with Gasteiger partial charge in [-0.05, 0) is 57.1 Å². The molecule has 0 aliphatic carbocycles. The van der Waals surface area contributed by atoms with Crippen LogP contribution in [0, 0.1) is 0 Å². The molecule has 1 aliphatic rings. The van der Waals surface area contributed by atoms with Crippen LogP contribution >= 0.6 is 0 Å². The van der Waals surface area contributed by atoms with Crippen LogP contribution in [-0.2, 0) is 0 Å².